The van der Waals surface area contributed by atoms with Crippen molar-refractivity contribution in [2.75, 3.05) is 26.2 Å². The number of hydrogen-bond donors (Lipinski definition) is 2. The van der Waals surface area contributed by atoms with E-state index in [1.54, 1.807) is 4.90 Å². The van der Waals surface area contributed by atoms with Crippen LogP contribution < -0.4 is 11.1 Å². The number of unbranched alkanes of at least 4 members (excludes halogenated alkanes) is 10. The first kappa shape index (κ1) is 23.9. The van der Waals surface area contributed by atoms with Crippen LogP contribution in [-0.4, -0.2) is 42.9 Å². The lowest BCUT2D eigenvalue weighted by Crippen LogP contribution is -2.43. The van der Waals surface area contributed by atoms with Crippen molar-refractivity contribution in [3.8, 4) is 0 Å². The van der Waals surface area contributed by atoms with Crippen molar-refractivity contribution in [3.63, 3.8) is 0 Å². The van der Waals surface area contributed by atoms with E-state index >= 15 is 0 Å². The zero-order chi connectivity index (χ0) is 18.8. The monoisotopic (exact) mass is 355 g/mol. The molecule has 0 aliphatic heterocycles. The van der Waals surface area contributed by atoms with Gasteiger partial charge in [-0.2, -0.15) is 0 Å². The lowest BCUT2D eigenvalue weighted by molar-refractivity contribution is -0.134. The van der Waals surface area contributed by atoms with Gasteiger partial charge in [0.25, 0.3) is 0 Å². The largest absolute Gasteiger partial charge is 0.368 e. The smallest absolute Gasteiger partial charge is 0.237 e. The maximum Gasteiger partial charge on any atom is 0.237 e. The van der Waals surface area contributed by atoms with Crippen LogP contribution in [0, 0.1) is 0 Å². The number of nitrogens with two attached hydrogens (primary N) is 1. The second-order valence-corrected chi connectivity index (χ2v) is 6.99. The molecule has 5 nitrogen and oxygen atoms in total. The molecule has 3 N–H and O–H groups in total. The van der Waals surface area contributed by atoms with Gasteiger partial charge < -0.3 is 16.0 Å². The Bertz CT molecular complexity index is 335. The molecule has 0 aromatic rings. The molecule has 2 amide bonds. The Morgan fingerprint density at radius 1 is 0.800 bits per heavy atom. The van der Waals surface area contributed by atoms with Crippen LogP contribution in [-0.2, 0) is 9.59 Å². The highest BCUT2D eigenvalue weighted by Crippen LogP contribution is 2.09. The van der Waals surface area contributed by atoms with Crippen molar-refractivity contribution in [1.29, 1.82) is 0 Å². The quantitative estimate of drug-likeness (QED) is 0.369. The van der Waals surface area contributed by atoms with Crippen LogP contribution >= 0.6 is 0 Å². The average molecular weight is 356 g/mol. The van der Waals surface area contributed by atoms with Gasteiger partial charge in [-0.15, -0.1) is 0 Å². The first-order chi connectivity index (χ1) is 12.1. The molecule has 0 aliphatic rings. The van der Waals surface area contributed by atoms with Crippen LogP contribution in [0.25, 0.3) is 0 Å². The van der Waals surface area contributed by atoms with Crippen LogP contribution in [0.2, 0.25) is 0 Å². The van der Waals surface area contributed by atoms with Gasteiger partial charge in [-0.3, -0.25) is 9.59 Å². The lowest BCUT2D eigenvalue weighted by atomic mass is 10.1. The third-order valence-electron chi connectivity index (χ3n) is 4.46. The number of carbonyl (C=O) groups excluding carboxylic acids is 2. The van der Waals surface area contributed by atoms with E-state index in [-0.39, 0.29) is 12.5 Å². The molecule has 0 aromatic heterocycles. The molecule has 0 spiro atoms. The van der Waals surface area contributed by atoms with E-state index in [0.29, 0.717) is 13.1 Å². The van der Waals surface area contributed by atoms with Crippen LogP contribution in [0.5, 0.6) is 0 Å². The third kappa shape index (κ3) is 16.1. The zero-order valence-corrected chi connectivity index (χ0v) is 16.7. The number of nitrogens with one attached hydrogen (secondary N) is 1. The summed E-state index contributed by atoms with van der Waals surface area (Å²) in [5.41, 5.74) is 5.24. The summed E-state index contributed by atoms with van der Waals surface area (Å²) in [5, 5.41) is 3.20. The van der Waals surface area contributed by atoms with Crippen LogP contribution in [0.4, 0.5) is 0 Å². The second-order valence-electron chi connectivity index (χ2n) is 6.99. The molecule has 0 radical (unpaired) electrons. The van der Waals surface area contributed by atoms with Gasteiger partial charge in [0.2, 0.25) is 11.8 Å². The molecule has 0 rings (SSSR count). The van der Waals surface area contributed by atoms with Crippen molar-refractivity contribution in [3.05, 3.63) is 0 Å². The first-order valence-corrected chi connectivity index (χ1v) is 10.4. The summed E-state index contributed by atoms with van der Waals surface area (Å²) in [7, 11) is 0. The number of hydrogen-bond acceptors (Lipinski definition) is 3. The van der Waals surface area contributed by atoms with E-state index < -0.39 is 5.91 Å². The Morgan fingerprint density at radius 2 is 1.32 bits per heavy atom. The van der Waals surface area contributed by atoms with Gasteiger partial charge in [0, 0.05) is 6.54 Å². The van der Waals surface area contributed by atoms with E-state index in [0.717, 1.165) is 32.2 Å². The summed E-state index contributed by atoms with van der Waals surface area (Å²) in [6.07, 6.45) is 14.8. The summed E-state index contributed by atoms with van der Waals surface area (Å²) >= 11 is 0. The second kappa shape index (κ2) is 17.7. The Hall–Kier alpha value is -1.10. The number of primary amides is 1. The fourth-order valence-electron chi connectivity index (χ4n) is 2.90. The summed E-state index contributed by atoms with van der Waals surface area (Å²) < 4.78 is 0. The van der Waals surface area contributed by atoms with Crippen LogP contribution in [0.15, 0.2) is 0 Å². The van der Waals surface area contributed by atoms with Gasteiger partial charge in [-0.05, 0) is 19.4 Å². The molecule has 0 saturated carbocycles. The lowest BCUT2D eigenvalue weighted by Gasteiger charge is -2.21. The minimum absolute atomic E-state index is 0.0224. The normalized spacial score (nSPS) is 10.8. The molecule has 0 aromatic carbocycles. The predicted molar refractivity (Wildman–Crippen MR) is 105 cm³/mol. The van der Waals surface area contributed by atoms with Crippen molar-refractivity contribution >= 4 is 11.8 Å². The molecule has 25 heavy (non-hydrogen) atoms. The van der Waals surface area contributed by atoms with Crippen molar-refractivity contribution < 1.29 is 9.59 Å². The number of carbonyl (C=O) groups is 2. The maximum absolute atomic E-state index is 12.2. The van der Waals surface area contributed by atoms with Gasteiger partial charge in [0.15, 0.2) is 0 Å². The Kier molecular flexibility index (Phi) is 16.9. The number of amides is 2. The van der Waals surface area contributed by atoms with Crippen LogP contribution in [0.1, 0.15) is 90.9 Å². The fraction of sp³-hybridized carbons (Fsp3) is 0.900. The van der Waals surface area contributed by atoms with E-state index in [1.165, 1.54) is 51.4 Å². The highest BCUT2D eigenvalue weighted by molar-refractivity contribution is 5.84. The first-order valence-electron chi connectivity index (χ1n) is 10.4. The number of rotatable bonds is 18. The van der Waals surface area contributed by atoms with Crippen LogP contribution in [0.3, 0.4) is 0 Å². The van der Waals surface area contributed by atoms with E-state index in [2.05, 4.69) is 19.2 Å². The molecule has 0 aliphatic carbocycles. The van der Waals surface area contributed by atoms with E-state index in [1.807, 2.05) is 0 Å². The minimum atomic E-state index is -0.441. The molecule has 0 heterocycles. The molecule has 0 fully saturated rings. The standard InChI is InChI=1S/C20H41N3O2/c1-3-5-7-8-9-10-11-12-13-15-22-17-20(25)23(18-19(21)24)16-14-6-4-2/h22H,3-18H2,1-2H3,(H2,21,24). The summed E-state index contributed by atoms with van der Waals surface area (Å²) in [4.78, 5) is 24.9. The molecule has 5 heteroatoms. The summed E-state index contributed by atoms with van der Waals surface area (Å²) in [6.45, 7) is 6.18. The SMILES string of the molecule is CCCCCCCCCCCNCC(=O)N(CCCCC)CC(N)=O. The van der Waals surface area contributed by atoms with Gasteiger partial charge in [0.05, 0.1) is 13.1 Å². The van der Waals surface area contributed by atoms with E-state index in [9.17, 15) is 9.59 Å². The molecule has 0 saturated heterocycles. The minimum Gasteiger partial charge on any atom is -0.368 e. The van der Waals surface area contributed by atoms with Gasteiger partial charge >= 0.3 is 0 Å². The molecule has 0 unspecified atom stereocenters. The Morgan fingerprint density at radius 3 is 1.88 bits per heavy atom. The molecule has 148 valence electrons. The third-order valence-corrected chi connectivity index (χ3v) is 4.46. The summed E-state index contributed by atoms with van der Waals surface area (Å²) in [6, 6.07) is 0. The predicted octanol–water partition coefficient (Wildman–Crippen LogP) is 3.61. The summed E-state index contributed by atoms with van der Waals surface area (Å²) in [5.74, 6) is -0.463. The maximum atomic E-state index is 12.2. The highest BCUT2D eigenvalue weighted by atomic mass is 16.2. The van der Waals surface area contributed by atoms with Gasteiger partial charge in [-0.25, -0.2) is 0 Å². The fourth-order valence-corrected chi connectivity index (χ4v) is 2.90. The zero-order valence-electron chi connectivity index (χ0n) is 16.7. The average Bonchev–Trinajstić information content (AvgIpc) is 2.58. The molecule has 0 bridgehead atoms. The van der Waals surface area contributed by atoms with Gasteiger partial charge in [0.1, 0.15) is 0 Å². The van der Waals surface area contributed by atoms with Crippen molar-refractivity contribution in [2.24, 2.45) is 5.73 Å². The van der Waals surface area contributed by atoms with E-state index in [4.69, 9.17) is 5.73 Å². The molecule has 0 atom stereocenters. The molecular formula is C20H41N3O2. The van der Waals surface area contributed by atoms with Crippen molar-refractivity contribution in [1.82, 2.24) is 10.2 Å². The highest BCUT2D eigenvalue weighted by Gasteiger charge is 2.14. The molecular weight excluding hydrogens is 314 g/mol. The van der Waals surface area contributed by atoms with Gasteiger partial charge in [-0.1, -0.05) is 78.1 Å². The topological polar surface area (TPSA) is 75.4 Å². The Balaban J connectivity index is 3.65. The Labute approximate surface area is 155 Å². The number of nitrogens with zero attached hydrogens (tertiary/aromatic N) is 1. The van der Waals surface area contributed by atoms with Crippen molar-refractivity contribution in [2.45, 2.75) is 90.9 Å².